The number of benzene rings is 1. The molecule has 0 aliphatic heterocycles. The largest absolute Gasteiger partial charge is 0.444 e. The lowest BCUT2D eigenvalue weighted by atomic mass is 10.0. The minimum atomic E-state index is -0.603. The number of likely N-dealkylation sites (N-methyl/N-ethyl adjacent to an activating group) is 1. The average Bonchev–Trinajstić information content (AvgIpc) is 2.60. The molecule has 1 atom stereocenters. The maximum Gasteiger partial charge on any atom is 0.410 e. The molecule has 0 aromatic heterocycles. The number of ether oxygens (including phenoxy) is 1. The topological polar surface area (TPSA) is 66.9 Å². The highest BCUT2D eigenvalue weighted by Gasteiger charge is 2.26. The highest BCUT2D eigenvalue weighted by Crippen LogP contribution is 2.18. The molecule has 2 amide bonds. The highest BCUT2D eigenvalue weighted by molar-refractivity contribution is 6.31. The van der Waals surface area contributed by atoms with E-state index in [0.717, 1.165) is 6.29 Å². The first-order valence-electron chi connectivity index (χ1n) is 9.87. The van der Waals surface area contributed by atoms with Gasteiger partial charge in [-0.2, -0.15) is 0 Å². The lowest BCUT2D eigenvalue weighted by Crippen LogP contribution is -2.47. The molecule has 0 saturated carbocycles. The fourth-order valence-electron chi connectivity index (χ4n) is 2.81. The van der Waals surface area contributed by atoms with Crippen LogP contribution < -0.4 is 0 Å². The van der Waals surface area contributed by atoms with Crippen LogP contribution in [0.3, 0.4) is 0 Å². The van der Waals surface area contributed by atoms with Gasteiger partial charge < -0.3 is 19.3 Å². The van der Waals surface area contributed by atoms with Crippen molar-refractivity contribution >= 4 is 29.9 Å². The second-order valence-corrected chi connectivity index (χ2v) is 9.00. The van der Waals surface area contributed by atoms with Gasteiger partial charge >= 0.3 is 6.09 Å². The van der Waals surface area contributed by atoms with Gasteiger partial charge in [0.25, 0.3) is 0 Å². The third-order valence-electron chi connectivity index (χ3n) is 4.27. The Morgan fingerprint density at radius 2 is 1.79 bits per heavy atom. The summed E-state index contributed by atoms with van der Waals surface area (Å²) in [7, 11) is 1.61. The molecule has 162 valence electrons. The Hall–Kier alpha value is -2.08. The molecule has 0 spiro atoms. The summed E-state index contributed by atoms with van der Waals surface area (Å²) in [6, 6.07) is 6.59. The Balaban J connectivity index is 2.93. The molecule has 0 aliphatic rings. The number of amides is 2. The lowest BCUT2D eigenvalue weighted by molar-refractivity contribution is -0.136. The van der Waals surface area contributed by atoms with Gasteiger partial charge in [-0.05, 0) is 44.7 Å². The van der Waals surface area contributed by atoms with E-state index in [1.54, 1.807) is 46.0 Å². The molecule has 0 N–H and O–H groups in total. The number of aldehydes is 1. The van der Waals surface area contributed by atoms with E-state index >= 15 is 0 Å². The fraction of sp³-hybridized carbons (Fsp3) is 0.591. The summed E-state index contributed by atoms with van der Waals surface area (Å²) in [5.41, 5.74) is 0.104. The molecule has 0 radical (unpaired) electrons. The molecule has 0 aliphatic carbocycles. The fourth-order valence-corrected chi connectivity index (χ4v) is 3.01. The van der Waals surface area contributed by atoms with Crippen molar-refractivity contribution in [3.8, 4) is 0 Å². The molecular formula is C22H33ClN2O4. The predicted molar refractivity (Wildman–Crippen MR) is 115 cm³/mol. The van der Waals surface area contributed by atoms with E-state index in [0.29, 0.717) is 17.0 Å². The molecule has 1 rings (SSSR count). The molecule has 0 heterocycles. The maximum atomic E-state index is 13.0. The average molecular weight is 425 g/mol. The monoisotopic (exact) mass is 424 g/mol. The van der Waals surface area contributed by atoms with Crippen molar-refractivity contribution in [3.63, 3.8) is 0 Å². The Morgan fingerprint density at radius 3 is 2.31 bits per heavy atom. The summed E-state index contributed by atoms with van der Waals surface area (Å²) < 4.78 is 5.35. The Bertz CT molecular complexity index is 700. The molecule has 7 heteroatoms. The summed E-state index contributed by atoms with van der Waals surface area (Å²) in [5, 5.41) is 0.512. The zero-order valence-corrected chi connectivity index (χ0v) is 19.0. The van der Waals surface area contributed by atoms with E-state index in [1.807, 2.05) is 19.9 Å². The smallest absolute Gasteiger partial charge is 0.410 e. The maximum absolute atomic E-state index is 13.0. The van der Waals surface area contributed by atoms with Crippen molar-refractivity contribution in [2.45, 2.75) is 59.1 Å². The molecule has 0 unspecified atom stereocenters. The van der Waals surface area contributed by atoms with Crippen molar-refractivity contribution in [2.75, 3.05) is 20.1 Å². The van der Waals surface area contributed by atoms with Crippen LogP contribution in [0.25, 0.3) is 0 Å². The van der Waals surface area contributed by atoms with Gasteiger partial charge in [0.1, 0.15) is 11.9 Å². The zero-order valence-electron chi connectivity index (χ0n) is 18.3. The molecule has 0 bridgehead atoms. The molecular weight excluding hydrogens is 392 g/mol. The van der Waals surface area contributed by atoms with Gasteiger partial charge in [0.2, 0.25) is 5.91 Å². The van der Waals surface area contributed by atoms with Crippen molar-refractivity contribution in [1.82, 2.24) is 9.80 Å². The SMILES string of the molecule is CC(C)C[C@@H](C=O)N(CCN(C)C(=O)OC(C)(C)C)C(=O)Cc1ccccc1Cl. The minimum absolute atomic E-state index is 0.0955. The quantitative estimate of drug-likeness (QED) is 0.557. The van der Waals surface area contributed by atoms with Crippen LogP contribution in [0.2, 0.25) is 5.02 Å². The van der Waals surface area contributed by atoms with E-state index in [2.05, 4.69) is 0 Å². The standard InChI is InChI=1S/C22H33ClN2O4/c1-16(2)13-18(15-26)25(12-11-24(6)21(28)29-22(3,4)5)20(27)14-17-9-7-8-10-19(17)23/h7-10,15-16,18H,11-14H2,1-6H3/t18-/m0/s1. The van der Waals surface area contributed by atoms with E-state index < -0.39 is 17.7 Å². The number of hydrogen-bond acceptors (Lipinski definition) is 4. The van der Waals surface area contributed by atoms with Gasteiger partial charge in [0.05, 0.1) is 12.5 Å². The van der Waals surface area contributed by atoms with Gasteiger partial charge in [0, 0.05) is 25.2 Å². The van der Waals surface area contributed by atoms with Crippen LogP contribution in [0.4, 0.5) is 4.79 Å². The van der Waals surface area contributed by atoms with Crippen LogP contribution in [-0.2, 0) is 20.7 Å². The van der Waals surface area contributed by atoms with Crippen molar-refractivity contribution in [1.29, 1.82) is 0 Å². The van der Waals surface area contributed by atoms with Crippen LogP contribution in [0.1, 0.15) is 46.6 Å². The van der Waals surface area contributed by atoms with Crippen molar-refractivity contribution < 1.29 is 19.1 Å². The summed E-state index contributed by atoms with van der Waals surface area (Å²) in [4.78, 5) is 39.9. The first-order chi connectivity index (χ1) is 13.4. The zero-order chi connectivity index (χ0) is 22.2. The number of hydrogen-bond donors (Lipinski definition) is 0. The summed E-state index contributed by atoms with van der Waals surface area (Å²) in [5.74, 6) is 0.0397. The summed E-state index contributed by atoms with van der Waals surface area (Å²) in [6.45, 7) is 9.87. The second kappa shape index (κ2) is 11.2. The minimum Gasteiger partial charge on any atom is -0.444 e. The Kier molecular flexibility index (Phi) is 9.63. The number of halogens is 1. The van der Waals surface area contributed by atoms with Crippen molar-refractivity contribution in [2.24, 2.45) is 5.92 Å². The van der Waals surface area contributed by atoms with E-state index in [4.69, 9.17) is 16.3 Å². The van der Waals surface area contributed by atoms with Crippen LogP contribution in [-0.4, -0.2) is 59.9 Å². The number of rotatable bonds is 9. The molecule has 0 saturated heterocycles. The van der Waals surface area contributed by atoms with Gasteiger partial charge in [-0.1, -0.05) is 43.6 Å². The van der Waals surface area contributed by atoms with Crippen LogP contribution >= 0.6 is 11.6 Å². The highest BCUT2D eigenvalue weighted by atomic mass is 35.5. The summed E-state index contributed by atoms with van der Waals surface area (Å²) >= 11 is 6.19. The predicted octanol–water partition coefficient (Wildman–Crippen LogP) is 4.19. The Labute approximate surface area is 179 Å². The Morgan fingerprint density at radius 1 is 1.17 bits per heavy atom. The number of carbonyl (C=O) groups is 3. The third-order valence-corrected chi connectivity index (χ3v) is 4.64. The number of carbonyl (C=O) groups excluding carboxylic acids is 3. The van der Waals surface area contributed by atoms with Gasteiger partial charge in [-0.3, -0.25) is 4.79 Å². The van der Waals surface area contributed by atoms with Crippen LogP contribution in [0.5, 0.6) is 0 Å². The van der Waals surface area contributed by atoms with Gasteiger partial charge in [-0.15, -0.1) is 0 Å². The van der Waals surface area contributed by atoms with E-state index in [9.17, 15) is 14.4 Å². The normalized spacial score (nSPS) is 12.4. The third kappa shape index (κ3) is 8.86. The number of nitrogens with zero attached hydrogens (tertiary/aromatic N) is 2. The molecule has 1 aromatic carbocycles. The molecule has 29 heavy (non-hydrogen) atoms. The summed E-state index contributed by atoms with van der Waals surface area (Å²) in [6.07, 6.45) is 0.979. The molecule has 1 aromatic rings. The van der Waals surface area contributed by atoms with Crippen molar-refractivity contribution in [3.05, 3.63) is 34.9 Å². The van der Waals surface area contributed by atoms with E-state index in [1.165, 1.54) is 9.80 Å². The first-order valence-corrected chi connectivity index (χ1v) is 10.2. The second-order valence-electron chi connectivity index (χ2n) is 8.59. The van der Waals surface area contributed by atoms with Crippen LogP contribution in [0.15, 0.2) is 24.3 Å². The molecule has 0 fully saturated rings. The lowest BCUT2D eigenvalue weighted by Gasteiger charge is -2.32. The first kappa shape index (κ1) is 25.0. The van der Waals surface area contributed by atoms with Gasteiger partial charge in [-0.25, -0.2) is 4.79 Å². The van der Waals surface area contributed by atoms with Crippen LogP contribution in [0, 0.1) is 5.92 Å². The molecule has 6 nitrogen and oxygen atoms in total. The van der Waals surface area contributed by atoms with Gasteiger partial charge in [0.15, 0.2) is 0 Å². The van der Waals surface area contributed by atoms with E-state index in [-0.39, 0.29) is 31.3 Å².